The maximum Gasteiger partial charge on any atom is 0.193 e. The molecule has 0 aromatic heterocycles. The molecule has 0 saturated heterocycles. The first-order valence-electron chi connectivity index (χ1n) is 4.82. The van der Waals surface area contributed by atoms with Gasteiger partial charge in [0.2, 0.25) is 0 Å². The average Bonchev–Trinajstić information content (AvgIpc) is 2.26. The predicted molar refractivity (Wildman–Crippen MR) is 74.0 cm³/mol. The molecular weight excluding hydrogens is 323 g/mol. The summed E-state index contributed by atoms with van der Waals surface area (Å²) in [6.45, 7) is 0. The summed E-state index contributed by atoms with van der Waals surface area (Å²) in [4.78, 5) is 12.2. The Morgan fingerprint density at radius 1 is 0.941 bits per heavy atom. The van der Waals surface area contributed by atoms with E-state index in [-0.39, 0.29) is 5.78 Å². The molecule has 2 aromatic carbocycles. The Hall–Kier alpha value is -0.830. The summed E-state index contributed by atoms with van der Waals surface area (Å²) in [5.74, 6) is -0.101. The molecule has 0 atom stereocenters. The summed E-state index contributed by atoms with van der Waals surface area (Å²) in [6, 6.07) is 11.9. The van der Waals surface area contributed by atoms with Crippen LogP contribution in [0.1, 0.15) is 15.9 Å². The van der Waals surface area contributed by atoms with Crippen LogP contribution < -0.4 is 0 Å². The van der Waals surface area contributed by atoms with Gasteiger partial charge in [0.1, 0.15) is 0 Å². The Kier molecular flexibility index (Phi) is 3.87. The van der Waals surface area contributed by atoms with Crippen molar-refractivity contribution in [3.05, 3.63) is 68.1 Å². The van der Waals surface area contributed by atoms with Crippen molar-refractivity contribution in [1.29, 1.82) is 0 Å². The van der Waals surface area contributed by atoms with Gasteiger partial charge in [-0.2, -0.15) is 0 Å². The minimum Gasteiger partial charge on any atom is -0.289 e. The van der Waals surface area contributed by atoms with Gasteiger partial charge in [0.25, 0.3) is 0 Å². The molecule has 0 unspecified atom stereocenters. The average molecular weight is 330 g/mol. The molecule has 2 rings (SSSR count). The third kappa shape index (κ3) is 3.09. The highest BCUT2D eigenvalue weighted by Gasteiger charge is 2.10. The third-order valence-electron chi connectivity index (χ3n) is 2.21. The number of ketones is 1. The molecule has 0 aliphatic rings. The highest BCUT2D eigenvalue weighted by atomic mass is 79.9. The summed E-state index contributed by atoms with van der Waals surface area (Å²) < 4.78 is 0.773. The van der Waals surface area contributed by atoms with Crippen molar-refractivity contribution in [3.63, 3.8) is 0 Å². The Morgan fingerprint density at radius 3 is 2.29 bits per heavy atom. The summed E-state index contributed by atoms with van der Waals surface area (Å²) in [5, 5.41) is 1.06. The summed E-state index contributed by atoms with van der Waals surface area (Å²) >= 11 is 15.1. The van der Waals surface area contributed by atoms with E-state index in [0.29, 0.717) is 21.2 Å². The Balaban J connectivity index is 2.43. The van der Waals surface area contributed by atoms with E-state index >= 15 is 0 Å². The van der Waals surface area contributed by atoms with Crippen LogP contribution in [0.4, 0.5) is 0 Å². The molecular formula is C13H7BrCl2O. The van der Waals surface area contributed by atoms with Crippen LogP contribution in [0.2, 0.25) is 10.0 Å². The van der Waals surface area contributed by atoms with E-state index in [9.17, 15) is 4.79 Å². The van der Waals surface area contributed by atoms with Crippen molar-refractivity contribution in [2.45, 2.75) is 0 Å². The highest BCUT2D eigenvalue weighted by molar-refractivity contribution is 9.10. The van der Waals surface area contributed by atoms with Crippen LogP contribution in [0.5, 0.6) is 0 Å². The topological polar surface area (TPSA) is 17.1 Å². The number of hydrogen-bond donors (Lipinski definition) is 0. The van der Waals surface area contributed by atoms with Crippen molar-refractivity contribution < 1.29 is 4.79 Å². The smallest absolute Gasteiger partial charge is 0.193 e. The van der Waals surface area contributed by atoms with E-state index in [4.69, 9.17) is 23.2 Å². The standard InChI is InChI=1S/C13H7BrCl2O/c14-10-4-9(6-12(16)7-10)13(17)8-2-1-3-11(15)5-8/h1-7H. The zero-order chi connectivity index (χ0) is 12.4. The van der Waals surface area contributed by atoms with Gasteiger partial charge in [-0.15, -0.1) is 0 Å². The van der Waals surface area contributed by atoms with E-state index in [2.05, 4.69) is 15.9 Å². The molecule has 4 heteroatoms. The predicted octanol–water partition coefficient (Wildman–Crippen LogP) is 4.99. The van der Waals surface area contributed by atoms with Crippen LogP contribution in [-0.2, 0) is 0 Å². The number of halogens is 3. The number of carbonyl (C=O) groups excluding carboxylic acids is 1. The SMILES string of the molecule is O=C(c1cccc(Cl)c1)c1cc(Cl)cc(Br)c1. The molecule has 0 saturated carbocycles. The molecule has 86 valence electrons. The van der Waals surface area contributed by atoms with Gasteiger partial charge in [-0.05, 0) is 30.3 Å². The highest BCUT2D eigenvalue weighted by Crippen LogP contribution is 2.22. The molecule has 0 bridgehead atoms. The van der Waals surface area contributed by atoms with Gasteiger partial charge in [-0.1, -0.05) is 51.3 Å². The molecule has 0 N–H and O–H groups in total. The largest absolute Gasteiger partial charge is 0.289 e. The first-order chi connectivity index (χ1) is 8.06. The second kappa shape index (κ2) is 5.21. The van der Waals surface area contributed by atoms with Gasteiger partial charge in [-0.25, -0.2) is 0 Å². The van der Waals surface area contributed by atoms with Crippen LogP contribution in [0.25, 0.3) is 0 Å². The molecule has 0 fully saturated rings. The lowest BCUT2D eigenvalue weighted by Crippen LogP contribution is -2.01. The Bertz CT molecular complexity index is 561. The second-order valence-electron chi connectivity index (χ2n) is 3.50. The van der Waals surface area contributed by atoms with Crippen molar-refractivity contribution in [3.8, 4) is 0 Å². The fourth-order valence-corrected chi connectivity index (χ4v) is 2.53. The number of benzene rings is 2. The second-order valence-corrected chi connectivity index (χ2v) is 5.29. The maximum atomic E-state index is 12.2. The van der Waals surface area contributed by atoms with E-state index in [1.54, 1.807) is 42.5 Å². The zero-order valence-corrected chi connectivity index (χ0v) is 11.7. The van der Waals surface area contributed by atoms with Crippen molar-refractivity contribution >= 4 is 44.9 Å². The molecule has 2 aromatic rings. The van der Waals surface area contributed by atoms with Crippen LogP contribution >= 0.6 is 39.1 Å². The minimum absolute atomic E-state index is 0.101. The zero-order valence-electron chi connectivity index (χ0n) is 8.58. The summed E-state index contributed by atoms with van der Waals surface area (Å²) in [5.41, 5.74) is 1.08. The monoisotopic (exact) mass is 328 g/mol. The van der Waals surface area contributed by atoms with Crippen LogP contribution in [0.15, 0.2) is 46.9 Å². The molecule has 0 aliphatic carbocycles. The molecule has 0 amide bonds. The summed E-state index contributed by atoms with van der Waals surface area (Å²) in [6.07, 6.45) is 0. The summed E-state index contributed by atoms with van der Waals surface area (Å²) in [7, 11) is 0. The van der Waals surface area contributed by atoms with E-state index < -0.39 is 0 Å². The molecule has 17 heavy (non-hydrogen) atoms. The van der Waals surface area contributed by atoms with E-state index in [0.717, 1.165) is 4.47 Å². The van der Waals surface area contributed by atoms with Crippen molar-refractivity contribution in [2.24, 2.45) is 0 Å². The Labute approximate surface area is 117 Å². The van der Waals surface area contributed by atoms with Gasteiger partial charge in [0.15, 0.2) is 5.78 Å². The van der Waals surface area contributed by atoms with Crippen LogP contribution in [0.3, 0.4) is 0 Å². The molecule has 0 aliphatic heterocycles. The van der Waals surface area contributed by atoms with Gasteiger partial charge in [0, 0.05) is 25.6 Å². The lowest BCUT2D eigenvalue weighted by Gasteiger charge is -2.03. The first kappa shape index (κ1) is 12.6. The fourth-order valence-electron chi connectivity index (χ4n) is 1.48. The van der Waals surface area contributed by atoms with Gasteiger partial charge >= 0.3 is 0 Å². The molecule has 1 nitrogen and oxygen atoms in total. The maximum absolute atomic E-state index is 12.2. The van der Waals surface area contributed by atoms with Crippen molar-refractivity contribution in [2.75, 3.05) is 0 Å². The van der Waals surface area contributed by atoms with E-state index in [1.165, 1.54) is 0 Å². The molecule has 0 spiro atoms. The molecule has 0 radical (unpaired) electrons. The lowest BCUT2D eigenvalue weighted by atomic mass is 10.0. The first-order valence-corrected chi connectivity index (χ1v) is 6.37. The lowest BCUT2D eigenvalue weighted by molar-refractivity contribution is 0.103. The van der Waals surface area contributed by atoms with E-state index in [1.807, 2.05) is 0 Å². The number of hydrogen-bond acceptors (Lipinski definition) is 1. The number of rotatable bonds is 2. The fraction of sp³-hybridized carbons (Fsp3) is 0. The quantitative estimate of drug-likeness (QED) is 0.709. The Morgan fingerprint density at radius 2 is 1.65 bits per heavy atom. The number of carbonyl (C=O) groups is 1. The van der Waals surface area contributed by atoms with Gasteiger partial charge < -0.3 is 0 Å². The van der Waals surface area contributed by atoms with Gasteiger partial charge in [0.05, 0.1) is 0 Å². The normalized spacial score (nSPS) is 10.3. The van der Waals surface area contributed by atoms with Crippen LogP contribution in [0, 0.1) is 0 Å². The minimum atomic E-state index is -0.101. The van der Waals surface area contributed by atoms with Crippen molar-refractivity contribution in [1.82, 2.24) is 0 Å². The van der Waals surface area contributed by atoms with Crippen LogP contribution in [-0.4, -0.2) is 5.78 Å². The third-order valence-corrected chi connectivity index (χ3v) is 3.12. The van der Waals surface area contributed by atoms with Gasteiger partial charge in [-0.3, -0.25) is 4.79 Å². The molecule has 0 heterocycles.